The molecule has 1 aliphatic heterocycles. The van der Waals surface area contributed by atoms with Gasteiger partial charge in [-0.25, -0.2) is 19.2 Å². The lowest BCUT2D eigenvalue weighted by Crippen LogP contribution is -2.33. The number of carbonyl (C=O) groups is 2. The van der Waals surface area contributed by atoms with Crippen molar-refractivity contribution in [3.63, 3.8) is 0 Å². The van der Waals surface area contributed by atoms with Gasteiger partial charge in [0.1, 0.15) is 23.1 Å². The molecule has 0 aliphatic carbocycles. The van der Waals surface area contributed by atoms with Crippen molar-refractivity contribution in [2.75, 3.05) is 12.4 Å². The number of benzene rings is 1. The second-order valence-electron chi connectivity index (χ2n) is 5.72. The monoisotopic (exact) mass is 356 g/mol. The molecular formula is C18H17FN4O3. The lowest BCUT2D eigenvalue weighted by Gasteiger charge is -2.18. The Balaban J connectivity index is 1.57. The Kier molecular flexibility index (Phi) is 5.21. The molecule has 0 unspecified atom stereocenters. The van der Waals surface area contributed by atoms with Crippen molar-refractivity contribution in [1.82, 2.24) is 9.99 Å². The third kappa shape index (κ3) is 4.41. The number of anilines is 1. The average Bonchev–Trinajstić information content (AvgIpc) is 2.63. The Bertz CT molecular complexity index is 852. The Hall–Kier alpha value is -3.29. The van der Waals surface area contributed by atoms with Crippen molar-refractivity contribution in [1.29, 1.82) is 0 Å². The summed E-state index contributed by atoms with van der Waals surface area (Å²) in [5.41, 5.74) is 0.983. The zero-order valence-corrected chi connectivity index (χ0v) is 14.1. The number of nitrogens with one attached hydrogen (secondary N) is 1. The minimum absolute atomic E-state index is 0.142. The molecule has 8 heteroatoms. The number of pyridine rings is 1. The van der Waals surface area contributed by atoms with Crippen LogP contribution in [0.15, 0.2) is 47.7 Å². The Morgan fingerprint density at radius 3 is 2.85 bits per heavy atom. The van der Waals surface area contributed by atoms with Gasteiger partial charge in [0.15, 0.2) is 0 Å². The van der Waals surface area contributed by atoms with Crippen molar-refractivity contribution < 1.29 is 18.7 Å². The van der Waals surface area contributed by atoms with Crippen LogP contribution in [0.4, 0.5) is 10.2 Å². The van der Waals surface area contributed by atoms with Crippen LogP contribution in [-0.2, 0) is 16.1 Å². The van der Waals surface area contributed by atoms with Gasteiger partial charge < -0.3 is 10.1 Å². The van der Waals surface area contributed by atoms with E-state index in [1.54, 1.807) is 24.3 Å². The van der Waals surface area contributed by atoms with Crippen LogP contribution >= 0.6 is 0 Å². The molecule has 0 radical (unpaired) electrons. The van der Waals surface area contributed by atoms with Crippen LogP contribution in [0.1, 0.15) is 18.4 Å². The largest absolute Gasteiger partial charge is 0.420 e. The van der Waals surface area contributed by atoms with Gasteiger partial charge in [-0.2, -0.15) is 5.10 Å². The maximum atomic E-state index is 13.1. The van der Waals surface area contributed by atoms with Crippen LogP contribution in [0.3, 0.4) is 0 Å². The van der Waals surface area contributed by atoms with E-state index in [0.29, 0.717) is 12.4 Å². The number of ether oxygens (including phenoxy) is 1. The first-order valence-electron chi connectivity index (χ1n) is 8.02. The van der Waals surface area contributed by atoms with Crippen LogP contribution in [0.2, 0.25) is 0 Å². The fourth-order valence-corrected chi connectivity index (χ4v) is 2.37. The van der Waals surface area contributed by atoms with E-state index >= 15 is 0 Å². The van der Waals surface area contributed by atoms with E-state index in [-0.39, 0.29) is 36.0 Å². The Morgan fingerprint density at radius 1 is 1.31 bits per heavy atom. The summed E-state index contributed by atoms with van der Waals surface area (Å²) in [7, 11) is 1.50. The van der Waals surface area contributed by atoms with E-state index in [1.807, 2.05) is 0 Å². The summed E-state index contributed by atoms with van der Waals surface area (Å²) in [5.74, 6) is -0.205. The van der Waals surface area contributed by atoms with E-state index in [9.17, 15) is 14.0 Å². The first kappa shape index (κ1) is 17.5. The molecule has 134 valence electrons. The fraction of sp³-hybridized carbons (Fsp3) is 0.222. The molecule has 1 aromatic heterocycles. The van der Waals surface area contributed by atoms with Crippen LogP contribution in [0.5, 0.6) is 5.75 Å². The number of carbonyl (C=O) groups excluding carboxylic acids is 2. The van der Waals surface area contributed by atoms with Crippen LogP contribution in [-0.4, -0.2) is 34.6 Å². The second-order valence-corrected chi connectivity index (χ2v) is 5.72. The number of esters is 1. The summed E-state index contributed by atoms with van der Waals surface area (Å²) >= 11 is 0. The number of amides is 1. The summed E-state index contributed by atoms with van der Waals surface area (Å²) < 4.78 is 18.4. The molecule has 1 N–H and O–H groups in total. The topological polar surface area (TPSA) is 83.9 Å². The van der Waals surface area contributed by atoms with Gasteiger partial charge in [0.2, 0.25) is 5.91 Å². The molecule has 26 heavy (non-hydrogen) atoms. The number of halogens is 1. The highest BCUT2D eigenvalue weighted by Gasteiger charge is 2.23. The van der Waals surface area contributed by atoms with Gasteiger partial charge in [0.05, 0.1) is 6.20 Å². The predicted octanol–water partition coefficient (Wildman–Crippen LogP) is 2.35. The maximum absolute atomic E-state index is 13.1. The minimum Gasteiger partial charge on any atom is -0.420 e. The Labute approximate surface area is 149 Å². The quantitative estimate of drug-likeness (QED) is 0.832. The van der Waals surface area contributed by atoms with Crippen LogP contribution in [0.25, 0.3) is 0 Å². The number of hydrogen-bond donors (Lipinski definition) is 1. The highest BCUT2D eigenvalue weighted by atomic mass is 19.1. The maximum Gasteiger partial charge on any atom is 0.359 e. The molecule has 0 fully saturated rings. The number of aromatic nitrogens is 1. The first-order chi connectivity index (χ1) is 12.5. The molecular weight excluding hydrogens is 339 g/mol. The van der Waals surface area contributed by atoms with Crippen molar-refractivity contribution in [3.05, 3.63) is 54.0 Å². The smallest absolute Gasteiger partial charge is 0.359 e. The zero-order valence-electron chi connectivity index (χ0n) is 14.1. The molecule has 0 saturated heterocycles. The summed E-state index contributed by atoms with van der Waals surface area (Å²) in [6.45, 7) is 0.418. The third-order valence-electron chi connectivity index (χ3n) is 3.75. The molecule has 0 saturated carbocycles. The molecule has 3 rings (SSSR count). The molecule has 1 amide bonds. The van der Waals surface area contributed by atoms with Crippen LogP contribution in [0, 0.1) is 5.82 Å². The molecule has 0 atom stereocenters. The molecule has 2 heterocycles. The summed E-state index contributed by atoms with van der Waals surface area (Å²) in [4.78, 5) is 27.6. The highest BCUT2D eigenvalue weighted by molar-refractivity contribution is 6.37. The standard InChI is InChI=1S/C18H17FN4O3/c1-23-17(24)8-6-15(22-23)18(25)26-14-5-7-16(21-11-14)20-10-12-3-2-4-13(19)9-12/h2-5,7,9,11H,6,8,10H2,1H3,(H,20,21). The lowest BCUT2D eigenvalue weighted by atomic mass is 10.2. The zero-order chi connectivity index (χ0) is 18.5. The van der Waals surface area contributed by atoms with Crippen molar-refractivity contribution in [2.24, 2.45) is 5.10 Å². The van der Waals surface area contributed by atoms with Crippen LogP contribution < -0.4 is 10.1 Å². The van der Waals surface area contributed by atoms with Gasteiger partial charge in [-0.05, 0) is 29.8 Å². The van der Waals surface area contributed by atoms with E-state index in [4.69, 9.17) is 4.74 Å². The normalized spacial score (nSPS) is 14.0. The van der Waals surface area contributed by atoms with Gasteiger partial charge in [-0.3, -0.25) is 4.79 Å². The van der Waals surface area contributed by atoms with E-state index in [2.05, 4.69) is 15.4 Å². The third-order valence-corrected chi connectivity index (χ3v) is 3.75. The molecule has 0 bridgehead atoms. The number of nitrogens with zero attached hydrogens (tertiary/aromatic N) is 3. The molecule has 7 nitrogen and oxygen atoms in total. The lowest BCUT2D eigenvalue weighted by molar-refractivity contribution is -0.131. The van der Waals surface area contributed by atoms with Gasteiger partial charge in [-0.1, -0.05) is 12.1 Å². The predicted molar refractivity (Wildman–Crippen MR) is 93.0 cm³/mol. The molecule has 1 aliphatic rings. The average molecular weight is 356 g/mol. The van der Waals surface area contributed by atoms with Crippen molar-refractivity contribution >= 4 is 23.4 Å². The molecule has 1 aromatic carbocycles. The van der Waals surface area contributed by atoms with Gasteiger partial charge in [0, 0.05) is 26.4 Å². The molecule has 0 spiro atoms. The summed E-state index contributed by atoms with van der Waals surface area (Å²) in [5, 5.41) is 8.10. The fourth-order valence-electron chi connectivity index (χ4n) is 2.37. The van der Waals surface area contributed by atoms with Crippen molar-refractivity contribution in [2.45, 2.75) is 19.4 Å². The summed E-state index contributed by atoms with van der Waals surface area (Å²) in [6, 6.07) is 9.52. The van der Waals surface area contributed by atoms with E-state index < -0.39 is 5.97 Å². The van der Waals surface area contributed by atoms with Gasteiger partial charge >= 0.3 is 5.97 Å². The number of hydrogen-bond acceptors (Lipinski definition) is 6. The SMILES string of the molecule is CN1N=C(C(=O)Oc2ccc(NCc3cccc(F)c3)nc2)CCC1=O. The van der Waals surface area contributed by atoms with E-state index in [0.717, 1.165) is 10.6 Å². The second kappa shape index (κ2) is 7.73. The first-order valence-corrected chi connectivity index (χ1v) is 8.02. The highest BCUT2D eigenvalue weighted by Crippen LogP contribution is 2.15. The van der Waals surface area contributed by atoms with Gasteiger partial charge in [-0.15, -0.1) is 0 Å². The van der Waals surface area contributed by atoms with Gasteiger partial charge in [0.25, 0.3) is 0 Å². The number of rotatable bonds is 5. The number of hydrazone groups is 1. The van der Waals surface area contributed by atoms with E-state index in [1.165, 1.54) is 25.4 Å². The minimum atomic E-state index is -0.605. The Morgan fingerprint density at radius 2 is 2.15 bits per heavy atom. The molecule has 2 aromatic rings. The summed E-state index contributed by atoms with van der Waals surface area (Å²) in [6.07, 6.45) is 1.89. The van der Waals surface area contributed by atoms with Crippen molar-refractivity contribution in [3.8, 4) is 5.75 Å².